The van der Waals surface area contributed by atoms with Gasteiger partial charge in [0.2, 0.25) is 0 Å². The van der Waals surface area contributed by atoms with Gasteiger partial charge < -0.3 is 53.9 Å². The van der Waals surface area contributed by atoms with Crippen LogP contribution in [0.25, 0.3) is 0 Å². The molecule has 0 heterocycles. The zero-order valence-electron chi connectivity index (χ0n) is 36.5. The van der Waals surface area contributed by atoms with Crippen LogP contribution in [-0.4, -0.2) is 112 Å². The molecule has 0 aromatic carbocycles. The SMILES string of the molecule is CC#CC#CC#CC#CC#CC#CC#CC(=O)OC[C@H](COP(=O)(O)OC1C(O)[C@@H](OP(=O)(O)O)C(OP(=O)(O)O)[C@@H](OP(=O)(O)O)[C@H]1O)OC(=O)CCCCCCCCCCCCCCC. The highest BCUT2D eigenvalue weighted by atomic mass is 31.2. The van der Waals surface area contributed by atoms with E-state index in [0.717, 1.165) is 32.1 Å². The second-order valence-electron chi connectivity index (χ2n) is 14.1. The zero-order chi connectivity index (χ0) is 50.4. The fourth-order valence-electron chi connectivity index (χ4n) is 5.79. The van der Waals surface area contributed by atoms with Gasteiger partial charge in [-0.15, -0.1) is 0 Å². The van der Waals surface area contributed by atoms with Crippen molar-refractivity contribution >= 4 is 43.2 Å². The van der Waals surface area contributed by atoms with Gasteiger partial charge in [-0.25, -0.2) is 23.1 Å². The summed E-state index contributed by atoms with van der Waals surface area (Å²) in [4.78, 5) is 92.0. The van der Waals surface area contributed by atoms with Crippen LogP contribution in [0.4, 0.5) is 0 Å². The number of carbonyl (C=O) groups is 2. The summed E-state index contributed by atoms with van der Waals surface area (Å²) in [6.45, 7) is 1.80. The monoisotopic (exact) mass is 1020 g/mol. The Morgan fingerprint density at radius 1 is 0.507 bits per heavy atom. The molecule has 9 N–H and O–H groups in total. The van der Waals surface area contributed by atoms with Crippen LogP contribution >= 0.6 is 31.3 Å². The maximum atomic E-state index is 13.2. The summed E-state index contributed by atoms with van der Waals surface area (Å²) in [6, 6.07) is 0. The molecule has 1 aliphatic carbocycles. The Bertz CT molecular complexity index is 2220. The van der Waals surface area contributed by atoms with Gasteiger partial charge in [0, 0.05) is 12.3 Å². The first-order chi connectivity index (χ1) is 31.5. The molecular formula is C41H54O22P4. The second kappa shape index (κ2) is 32.9. The van der Waals surface area contributed by atoms with E-state index in [0.29, 0.717) is 12.8 Å². The number of aliphatic hydroxyl groups excluding tert-OH is 2. The molecule has 370 valence electrons. The van der Waals surface area contributed by atoms with Gasteiger partial charge in [0.15, 0.2) is 6.10 Å². The largest absolute Gasteiger partial charge is 0.472 e. The maximum absolute atomic E-state index is 13.2. The number of hydrogen-bond acceptors (Lipinski definition) is 15. The number of ether oxygens (including phenoxy) is 2. The van der Waals surface area contributed by atoms with E-state index in [9.17, 15) is 72.3 Å². The number of phosphoric ester groups is 4. The molecule has 0 amide bonds. The quantitative estimate of drug-likeness (QED) is 0.0179. The van der Waals surface area contributed by atoms with E-state index < -0.39 is 99.2 Å². The summed E-state index contributed by atoms with van der Waals surface area (Å²) >= 11 is 0. The first-order valence-corrected chi connectivity index (χ1v) is 26.6. The van der Waals surface area contributed by atoms with Gasteiger partial charge in [-0.05, 0) is 84.4 Å². The van der Waals surface area contributed by atoms with E-state index in [1.165, 1.54) is 38.5 Å². The van der Waals surface area contributed by atoms with E-state index in [2.05, 4.69) is 97.5 Å². The first kappa shape index (κ1) is 61.2. The van der Waals surface area contributed by atoms with Crippen LogP contribution in [-0.2, 0) is 59.9 Å². The second-order valence-corrected chi connectivity index (χ2v) is 19.1. The average molecular weight is 1020 g/mol. The number of carbonyl (C=O) groups excluding carboxylic acids is 2. The predicted molar refractivity (Wildman–Crippen MR) is 235 cm³/mol. The van der Waals surface area contributed by atoms with Gasteiger partial charge in [-0.2, -0.15) is 0 Å². The third kappa shape index (κ3) is 31.1. The number of aliphatic hydroxyl groups is 2. The van der Waals surface area contributed by atoms with Crippen LogP contribution in [0.1, 0.15) is 104 Å². The molecule has 4 unspecified atom stereocenters. The summed E-state index contributed by atoms with van der Waals surface area (Å²) in [5, 5.41) is 21.7. The van der Waals surface area contributed by atoms with Crippen LogP contribution in [0.15, 0.2) is 0 Å². The third-order valence-electron chi connectivity index (χ3n) is 8.61. The fourth-order valence-corrected chi connectivity index (χ4v) is 8.44. The fraction of sp³-hybridized carbons (Fsp3) is 0.610. The lowest BCUT2D eigenvalue weighted by Gasteiger charge is -2.45. The Hall–Kier alpha value is -3.78. The molecule has 0 aliphatic heterocycles. The maximum Gasteiger partial charge on any atom is 0.472 e. The molecule has 0 bridgehead atoms. The van der Waals surface area contributed by atoms with Crippen molar-refractivity contribution < 1.29 is 104 Å². The molecule has 67 heavy (non-hydrogen) atoms. The summed E-state index contributed by atoms with van der Waals surface area (Å²) in [6.07, 6.45) is -5.05. The van der Waals surface area contributed by atoms with Crippen molar-refractivity contribution in [3.05, 3.63) is 0 Å². The minimum atomic E-state index is -5.82. The van der Waals surface area contributed by atoms with Crippen molar-refractivity contribution in [2.24, 2.45) is 0 Å². The van der Waals surface area contributed by atoms with Crippen molar-refractivity contribution in [1.82, 2.24) is 0 Å². The molecule has 0 aromatic heterocycles. The van der Waals surface area contributed by atoms with E-state index >= 15 is 0 Å². The molecule has 1 aliphatic rings. The third-order valence-corrected chi connectivity index (χ3v) is 11.1. The van der Waals surface area contributed by atoms with Gasteiger partial charge >= 0.3 is 43.2 Å². The average Bonchev–Trinajstić information content (AvgIpc) is 3.22. The first-order valence-electron chi connectivity index (χ1n) is 20.5. The zero-order valence-corrected chi connectivity index (χ0v) is 40.1. The van der Waals surface area contributed by atoms with E-state index in [4.69, 9.17) is 18.5 Å². The highest BCUT2D eigenvalue weighted by molar-refractivity contribution is 7.47. The Morgan fingerprint density at radius 2 is 0.896 bits per heavy atom. The number of rotatable bonds is 28. The number of phosphoric acid groups is 4. The highest BCUT2D eigenvalue weighted by Gasteiger charge is 2.59. The lowest BCUT2D eigenvalue weighted by atomic mass is 9.85. The minimum Gasteiger partial charge on any atom is -0.456 e. The van der Waals surface area contributed by atoms with Gasteiger partial charge in [-0.3, -0.25) is 27.4 Å². The van der Waals surface area contributed by atoms with Gasteiger partial charge in [-0.1, -0.05) is 89.9 Å². The molecule has 0 spiro atoms. The summed E-state index contributed by atoms with van der Waals surface area (Å²) < 4.78 is 81.1. The Labute approximate surface area is 389 Å². The molecule has 0 aromatic rings. The van der Waals surface area contributed by atoms with Crippen molar-refractivity contribution in [3.8, 4) is 82.9 Å². The molecule has 1 rings (SSSR count). The molecule has 1 fully saturated rings. The predicted octanol–water partition coefficient (Wildman–Crippen LogP) is 2.64. The van der Waals surface area contributed by atoms with Gasteiger partial charge in [0.1, 0.15) is 43.2 Å². The minimum absolute atomic E-state index is 0.134. The van der Waals surface area contributed by atoms with E-state index in [-0.39, 0.29) is 6.42 Å². The summed E-state index contributed by atoms with van der Waals surface area (Å²) in [5.74, 6) is 30.9. The normalized spacial score (nSPS) is 20.1. The standard InChI is InChI=1S/C41H54O22P4/c1-3-5-7-9-11-13-15-17-19-21-23-25-27-29-34(42)57-31-33(59-35(43)30-28-26-24-22-20-18-16-14-12-10-8-6-4-2)32-58-67(55,56)63-38-36(44)39(60-64(46,47)48)41(62-66(52,53)54)40(37(38)45)61-65(49,50)51/h33,36-41,44-45H,4,6,8,10,12,14,16,18,20,22,24,26,28,30-32H2,1-2H3,(H,55,56)(H2,46,47,48)(H2,49,50,51)(H2,52,53,54)/t33-,36+,37?,38?,39+,40-,41?/m1/s1. The molecular weight excluding hydrogens is 968 g/mol. The van der Waals surface area contributed by atoms with Crippen molar-refractivity contribution in [3.63, 3.8) is 0 Å². The van der Waals surface area contributed by atoms with Gasteiger partial charge in [0.05, 0.1) is 6.61 Å². The molecule has 26 heteroatoms. The van der Waals surface area contributed by atoms with Crippen LogP contribution in [0, 0.1) is 82.9 Å². The summed E-state index contributed by atoms with van der Waals surface area (Å²) in [7, 11) is -23.2. The molecule has 0 saturated heterocycles. The number of unbranched alkanes of at least 4 members (excludes halogenated alkanes) is 12. The van der Waals surface area contributed by atoms with Crippen LogP contribution in [0.3, 0.4) is 0 Å². The highest BCUT2D eigenvalue weighted by Crippen LogP contribution is 2.53. The van der Waals surface area contributed by atoms with Crippen LogP contribution in [0.5, 0.6) is 0 Å². The van der Waals surface area contributed by atoms with E-state index in [1.807, 2.05) is 5.92 Å². The van der Waals surface area contributed by atoms with Crippen LogP contribution < -0.4 is 0 Å². The lowest BCUT2D eigenvalue weighted by Crippen LogP contribution is -2.65. The lowest BCUT2D eigenvalue weighted by molar-refractivity contribution is -0.209. The Kier molecular flexibility index (Phi) is 30.0. The molecule has 1 saturated carbocycles. The molecule has 0 radical (unpaired) electrons. The van der Waals surface area contributed by atoms with Crippen molar-refractivity contribution in [2.45, 2.75) is 146 Å². The van der Waals surface area contributed by atoms with Crippen molar-refractivity contribution in [1.29, 1.82) is 0 Å². The van der Waals surface area contributed by atoms with Crippen molar-refractivity contribution in [2.75, 3.05) is 13.2 Å². The van der Waals surface area contributed by atoms with E-state index in [1.54, 1.807) is 6.92 Å². The smallest absolute Gasteiger partial charge is 0.456 e. The number of hydrogen-bond donors (Lipinski definition) is 9. The topological polar surface area (TPSA) is 349 Å². The molecule has 22 nitrogen and oxygen atoms in total. The Morgan fingerprint density at radius 3 is 1.31 bits per heavy atom. The van der Waals surface area contributed by atoms with Crippen LogP contribution in [0.2, 0.25) is 0 Å². The molecule has 8 atom stereocenters. The Balaban J connectivity index is 3.12. The summed E-state index contributed by atoms with van der Waals surface area (Å²) in [5.41, 5.74) is 0. The number of esters is 2. The van der Waals surface area contributed by atoms with Gasteiger partial charge in [0.25, 0.3) is 0 Å².